The van der Waals surface area contributed by atoms with E-state index in [-0.39, 0.29) is 4.90 Å². The fraction of sp³-hybridized carbons (Fsp3) is 0.0417. The van der Waals surface area contributed by atoms with Crippen LogP contribution in [0.1, 0.15) is 5.56 Å². The Morgan fingerprint density at radius 3 is 2.48 bits per heavy atom. The second kappa shape index (κ2) is 8.70. The van der Waals surface area contributed by atoms with E-state index in [1.807, 2.05) is 36.4 Å². The Labute approximate surface area is 195 Å². The molecule has 0 radical (unpaired) electrons. The first-order valence-corrected chi connectivity index (χ1v) is 12.5. The van der Waals surface area contributed by atoms with Crippen molar-refractivity contribution in [2.75, 3.05) is 5.32 Å². The van der Waals surface area contributed by atoms with Crippen LogP contribution in [0.3, 0.4) is 0 Å². The quantitative estimate of drug-likeness (QED) is 0.370. The van der Waals surface area contributed by atoms with Gasteiger partial charge in [-0.15, -0.1) is 11.3 Å². The average molecular weight is 474 g/mol. The topological polar surface area (TPSA) is 111 Å². The first-order chi connectivity index (χ1) is 16.0. The Hall–Kier alpha value is -3.66. The van der Waals surface area contributed by atoms with Crippen LogP contribution in [0.15, 0.2) is 90.1 Å². The fourth-order valence-corrected chi connectivity index (χ4v) is 5.06. The van der Waals surface area contributed by atoms with Gasteiger partial charge in [-0.1, -0.05) is 42.5 Å². The predicted octanol–water partition coefficient (Wildman–Crippen LogP) is 4.68. The Bertz CT molecular complexity index is 1540. The van der Waals surface area contributed by atoms with Crippen LogP contribution in [0.2, 0.25) is 0 Å². The third kappa shape index (κ3) is 4.61. The van der Waals surface area contributed by atoms with E-state index >= 15 is 0 Å². The van der Waals surface area contributed by atoms with Gasteiger partial charge in [0.2, 0.25) is 10.0 Å². The number of hydrogen-bond acceptors (Lipinski definition) is 7. The van der Waals surface area contributed by atoms with E-state index in [0.29, 0.717) is 18.2 Å². The molecule has 0 saturated heterocycles. The second-order valence-corrected chi connectivity index (χ2v) is 9.97. The van der Waals surface area contributed by atoms with Crippen molar-refractivity contribution in [3.63, 3.8) is 0 Å². The average Bonchev–Trinajstić information content (AvgIpc) is 3.28. The summed E-state index contributed by atoms with van der Waals surface area (Å²) in [5, 5.41) is 9.53. The predicted molar refractivity (Wildman–Crippen MR) is 131 cm³/mol. The van der Waals surface area contributed by atoms with Gasteiger partial charge in [-0.2, -0.15) is 0 Å². The summed E-state index contributed by atoms with van der Waals surface area (Å²) in [5.74, 6) is 1.23. The van der Waals surface area contributed by atoms with Crippen LogP contribution < -0.4 is 10.5 Å². The lowest BCUT2D eigenvalue weighted by atomic mass is 10.2. The lowest BCUT2D eigenvalue weighted by Crippen LogP contribution is -2.12. The van der Waals surface area contributed by atoms with E-state index in [1.165, 1.54) is 6.07 Å². The van der Waals surface area contributed by atoms with Gasteiger partial charge in [0.05, 0.1) is 10.3 Å². The molecule has 0 unspecified atom stereocenters. The molecule has 0 fully saturated rings. The van der Waals surface area contributed by atoms with Gasteiger partial charge in [0.15, 0.2) is 5.82 Å². The third-order valence-corrected chi connectivity index (χ3v) is 7.05. The number of benzene rings is 2. The summed E-state index contributed by atoms with van der Waals surface area (Å²) < 4.78 is 23.4. The SMILES string of the molecule is NS(=O)(=O)c1cccc(CNc2nc(-c3cccnc3)nc3sc(-c4ccccc4)cc23)c1. The molecular formula is C24H19N5O2S2. The minimum absolute atomic E-state index is 0.0765. The van der Waals surface area contributed by atoms with Crippen LogP contribution in [0, 0.1) is 0 Å². The largest absolute Gasteiger partial charge is 0.365 e. The third-order valence-electron chi connectivity index (χ3n) is 5.06. The zero-order chi connectivity index (χ0) is 22.8. The Morgan fingerprint density at radius 2 is 1.73 bits per heavy atom. The molecule has 5 rings (SSSR count). The zero-order valence-corrected chi connectivity index (χ0v) is 19.0. The number of rotatable bonds is 6. The first kappa shape index (κ1) is 21.2. The summed E-state index contributed by atoms with van der Waals surface area (Å²) in [5.41, 5.74) is 2.69. The Balaban J connectivity index is 1.56. The van der Waals surface area contributed by atoms with E-state index in [4.69, 9.17) is 15.1 Å². The Morgan fingerprint density at radius 1 is 0.909 bits per heavy atom. The summed E-state index contributed by atoms with van der Waals surface area (Å²) in [6.07, 6.45) is 3.44. The highest BCUT2D eigenvalue weighted by Gasteiger charge is 2.15. The van der Waals surface area contributed by atoms with Crippen molar-refractivity contribution in [1.82, 2.24) is 15.0 Å². The molecule has 0 amide bonds. The van der Waals surface area contributed by atoms with Crippen LogP contribution in [0.5, 0.6) is 0 Å². The molecule has 0 saturated carbocycles. The number of pyridine rings is 1. The molecule has 0 aliphatic carbocycles. The molecule has 33 heavy (non-hydrogen) atoms. The number of sulfonamides is 1. The van der Waals surface area contributed by atoms with Gasteiger partial charge in [-0.05, 0) is 41.5 Å². The Kier molecular flexibility index (Phi) is 5.59. The van der Waals surface area contributed by atoms with Crippen LogP contribution in [0.25, 0.3) is 32.0 Å². The molecule has 7 nitrogen and oxygen atoms in total. The molecule has 3 N–H and O–H groups in total. The molecule has 0 spiro atoms. The number of fused-ring (bicyclic) bond motifs is 1. The fourth-order valence-electron chi connectivity index (χ4n) is 3.44. The molecule has 3 heterocycles. The van der Waals surface area contributed by atoms with E-state index in [9.17, 15) is 8.42 Å². The normalized spacial score (nSPS) is 11.5. The lowest BCUT2D eigenvalue weighted by Gasteiger charge is -2.10. The van der Waals surface area contributed by atoms with Gasteiger partial charge in [-0.25, -0.2) is 23.5 Å². The maximum absolute atomic E-state index is 11.7. The minimum Gasteiger partial charge on any atom is -0.365 e. The number of aromatic nitrogens is 3. The van der Waals surface area contributed by atoms with Crippen molar-refractivity contribution in [3.8, 4) is 21.8 Å². The molecule has 2 aromatic carbocycles. The standard InChI is InChI=1S/C24H19N5O2S2/c25-33(30,31)19-10-4-6-16(12-19)14-27-23-20-13-21(17-7-2-1-3-8-17)32-24(20)29-22(28-23)18-9-5-11-26-15-18/h1-13,15H,14H2,(H2,25,30,31)(H,27,28,29). The maximum atomic E-state index is 11.7. The van der Waals surface area contributed by atoms with Gasteiger partial charge in [0.25, 0.3) is 0 Å². The number of nitrogens with one attached hydrogen (secondary N) is 1. The van der Waals surface area contributed by atoms with Crippen LogP contribution in [-0.4, -0.2) is 23.4 Å². The molecule has 9 heteroatoms. The van der Waals surface area contributed by atoms with Crippen LogP contribution >= 0.6 is 11.3 Å². The summed E-state index contributed by atoms with van der Waals surface area (Å²) in [4.78, 5) is 15.7. The van der Waals surface area contributed by atoms with Gasteiger partial charge in [-0.3, -0.25) is 4.98 Å². The monoisotopic (exact) mass is 473 g/mol. The van der Waals surface area contributed by atoms with E-state index in [1.54, 1.807) is 35.9 Å². The summed E-state index contributed by atoms with van der Waals surface area (Å²) in [6.45, 7) is 0.373. The van der Waals surface area contributed by atoms with Crippen molar-refractivity contribution < 1.29 is 8.42 Å². The van der Waals surface area contributed by atoms with Crippen LogP contribution in [0.4, 0.5) is 5.82 Å². The summed E-state index contributed by atoms with van der Waals surface area (Å²) in [7, 11) is -3.77. The van der Waals surface area contributed by atoms with Crippen molar-refractivity contribution in [1.29, 1.82) is 0 Å². The van der Waals surface area contributed by atoms with Crippen molar-refractivity contribution in [3.05, 3.63) is 90.8 Å². The van der Waals surface area contributed by atoms with E-state index < -0.39 is 10.0 Å². The van der Waals surface area contributed by atoms with E-state index in [2.05, 4.69) is 28.5 Å². The van der Waals surface area contributed by atoms with Crippen molar-refractivity contribution >= 4 is 37.4 Å². The first-order valence-electron chi connectivity index (χ1n) is 10.1. The molecule has 164 valence electrons. The minimum atomic E-state index is -3.77. The van der Waals surface area contributed by atoms with Crippen molar-refractivity contribution in [2.24, 2.45) is 5.14 Å². The van der Waals surface area contributed by atoms with Crippen LogP contribution in [-0.2, 0) is 16.6 Å². The highest BCUT2D eigenvalue weighted by Crippen LogP contribution is 2.36. The molecular weight excluding hydrogens is 454 g/mol. The lowest BCUT2D eigenvalue weighted by molar-refractivity contribution is 0.597. The molecule has 0 aliphatic heterocycles. The van der Waals surface area contributed by atoms with Gasteiger partial charge >= 0.3 is 0 Å². The van der Waals surface area contributed by atoms with Gasteiger partial charge in [0, 0.05) is 29.4 Å². The zero-order valence-electron chi connectivity index (χ0n) is 17.3. The number of thiophene rings is 1. The highest BCUT2D eigenvalue weighted by molar-refractivity contribution is 7.89. The molecule has 0 atom stereocenters. The smallest absolute Gasteiger partial charge is 0.238 e. The number of anilines is 1. The molecule has 0 aliphatic rings. The number of primary sulfonamides is 1. The van der Waals surface area contributed by atoms with Gasteiger partial charge in [0.1, 0.15) is 10.6 Å². The van der Waals surface area contributed by atoms with Gasteiger partial charge < -0.3 is 5.32 Å². The van der Waals surface area contributed by atoms with Crippen molar-refractivity contribution in [2.45, 2.75) is 11.4 Å². The number of nitrogens with zero attached hydrogens (tertiary/aromatic N) is 3. The van der Waals surface area contributed by atoms with E-state index in [0.717, 1.165) is 31.8 Å². The summed E-state index contributed by atoms with van der Waals surface area (Å²) in [6, 6.07) is 22.5. The molecule has 0 bridgehead atoms. The second-order valence-electron chi connectivity index (χ2n) is 7.38. The number of nitrogens with two attached hydrogens (primary N) is 1. The molecule has 3 aromatic heterocycles. The maximum Gasteiger partial charge on any atom is 0.238 e. The molecule has 5 aromatic rings. The summed E-state index contributed by atoms with van der Waals surface area (Å²) >= 11 is 1.59. The highest BCUT2D eigenvalue weighted by atomic mass is 32.2. The number of hydrogen-bond donors (Lipinski definition) is 2.